The van der Waals surface area contributed by atoms with E-state index in [9.17, 15) is 0 Å². The molecule has 0 atom stereocenters. The standard InChI is InChI=1S/C16H25N7S2.Cu/c1-5-17-15(24)21-19-11-14(20-22-16(25)18-6-2)12-7-9-13(10-8-12)23(3)4;/h7-11H,5-6H2,1-4H3,(H2,17,21,24)(H2,18,22,25);/q;+2/p-2/b19-11+,20-14-;. The van der Waals surface area contributed by atoms with E-state index in [4.69, 9.17) is 25.3 Å². The average molecular weight is 441 g/mol. The van der Waals surface area contributed by atoms with E-state index in [2.05, 4.69) is 31.0 Å². The smallest absolute Gasteiger partial charge is 0.741 e. The van der Waals surface area contributed by atoms with Gasteiger partial charge in [0, 0.05) is 38.4 Å². The van der Waals surface area contributed by atoms with Gasteiger partial charge in [-0.05, 0) is 36.3 Å². The van der Waals surface area contributed by atoms with Gasteiger partial charge in [-0.25, -0.2) is 0 Å². The molecule has 1 aromatic rings. The van der Waals surface area contributed by atoms with Crippen LogP contribution in [0.2, 0.25) is 0 Å². The number of nitrogens with one attached hydrogen (secondary N) is 2. The Bertz CT molecular complexity index is 655. The summed E-state index contributed by atoms with van der Waals surface area (Å²) in [6.07, 6.45) is 1.56. The van der Waals surface area contributed by atoms with Crippen molar-refractivity contribution in [2.24, 2.45) is 20.2 Å². The Morgan fingerprint density at radius 1 is 1.00 bits per heavy atom. The Hall–Kier alpha value is -1.74. The van der Waals surface area contributed by atoms with Gasteiger partial charge in [0.2, 0.25) is 0 Å². The van der Waals surface area contributed by atoms with Gasteiger partial charge in [0.05, 0.1) is 6.21 Å². The van der Waals surface area contributed by atoms with Gasteiger partial charge in [0.25, 0.3) is 0 Å². The predicted octanol–water partition coefficient (Wildman–Crippen LogP) is 1.46. The topological polar surface area (TPSA) is 76.7 Å². The van der Waals surface area contributed by atoms with Crippen LogP contribution in [0.1, 0.15) is 19.4 Å². The fourth-order valence-electron chi connectivity index (χ4n) is 1.71. The average Bonchev–Trinajstić information content (AvgIpc) is 2.58. The van der Waals surface area contributed by atoms with Gasteiger partial charge in [-0.15, -0.1) is 0 Å². The van der Waals surface area contributed by atoms with E-state index in [1.807, 2.05) is 57.1 Å². The molecule has 0 heterocycles. The van der Waals surface area contributed by atoms with Gasteiger partial charge in [-0.3, -0.25) is 20.8 Å². The third kappa shape index (κ3) is 9.09. The van der Waals surface area contributed by atoms with E-state index in [1.165, 1.54) is 0 Å². The maximum atomic E-state index is 5.08. The number of hydrazone groups is 2. The number of hydrogen-bond acceptors (Lipinski definition) is 7. The summed E-state index contributed by atoms with van der Waals surface area (Å²) in [5.74, 6) is 0. The maximum Gasteiger partial charge on any atom is 2.00 e. The molecule has 1 rings (SSSR count). The summed E-state index contributed by atoms with van der Waals surface area (Å²) in [6.45, 7) is 5.00. The van der Waals surface area contributed by atoms with Crippen molar-refractivity contribution in [3.8, 4) is 0 Å². The summed E-state index contributed by atoms with van der Waals surface area (Å²) < 4.78 is 0. The maximum absolute atomic E-state index is 5.08. The van der Waals surface area contributed by atoms with Crippen LogP contribution >= 0.6 is 0 Å². The zero-order valence-electron chi connectivity index (χ0n) is 15.2. The summed E-state index contributed by atoms with van der Waals surface area (Å²) in [5, 5.41) is 9.01. The van der Waals surface area contributed by atoms with Crippen molar-refractivity contribution in [2.75, 3.05) is 32.1 Å². The second-order valence-corrected chi connectivity index (χ2v) is 5.75. The first-order valence-electron chi connectivity index (χ1n) is 7.81. The molecule has 2 N–H and O–H groups in total. The molecule has 0 aliphatic heterocycles. The molecule has 1 radical (unpaired) electrons. The molecule has 0 saturated carbocycles. The molecule has 0 amide bonds. The number of aliphatic imine (C=N–C) groups is 2. The predicted molar refractivity (Wildman–Crippen MR) is 113 cm³/mol. The number of amidine groups is 2. The number of benzene rings is 1. The zero-order chi connectivity index (χ0) is 18.7. The van der Waals surface area contributed by atoms with E-state index >= 15 is 0 Å². The van der Waals surface area contributed by atoms with Gasteiger partial charge in [-0.2, -0.15) is 10.2 Å². The van der Waals surface area contributed by atoms with Gasteiger partial charge >= 0.3 is 17.1 Å². The molecule has 0 unspecified atom stereocenters. The summed E-state index contributed by atoms with van der Waals surface area (Å²) in [5.41, 5.74) is 7.99. The minimum atomic E-state index is 0. The van der Waals surface area contributed by atoms with Gasteiger partial charge < -0.3 is 30.2 Å². The molecule has 10 heteroatoms. The monoisotopic (exact) mass is 440 g/mol. The van der Waals surface area contributed by atoms with E-state index in [0.29, 0.717) is 29.1 Å². The van der Waals surface area contributed by atoms with Crippen molar-refractivity contribution < 1.29 is 17.1 Å². The molecule has 0 aromatic heterocycles. The molecule has 0 bridgehead atoms. The van der Waals surface area contributed by atoms with Crippen LogP contribution in [0.5, 0.6) is 0 Å². The van der Waals surface area contributed by atoms with Crippen molar-refractivity contribution in [3.05, 3.63) is 29.8 Å². The summed E-state index contributed by atoms with van der Waals surface area (Å²) in [6, 6.07) is 7.91. The molecule has 0 aliphatic rings. The van der Waals surface area contributed by atoms with Crippen LogP contribution in [0.4, 0.5) is 5.69 Å². The second-order valence-electron chi connectivity index (χ2n) is 4.98. The third-order valence-corrected chi connectivity index (χ3v) is 3.34. The largest absolute Gasteiger partial charge is 2.00 e. The minimum Gasteiger partial charge on any atom is -0.741 e. The van der Waals surface area contributed by atoms with Gasteiger partial charge in [0.15, 0.2) is 0 Å². The summed E-state index contributed by atoms with van der Waals surface area (Å²) in [7, 11) is 3.97. The van der Waals surface area contributed by atoms with Crippen LogP contribution in [0.3, 0.4) is 0 Å². The molecule has 7 nitrogen and oxygen atoms in total. The van der Waals surface area contributed by atoms with Crippen LogP contribution in [0.15, 0.2) is 44.5 Å². The number of hydrogen-bond donors (Lipinski definition) is 2. The number of anilines is 1. The van der Waals surface area contributed by atoms with Gasteiger partial charge in [0.1, 0.15) is 5.71 Å². The molecule has 145 valence electrons. The van der Waals surface area contributed by atoms with E-state index < -0.39 is 0 Å². The van der Waals surface area contributed by atoms with Crippen molar-refractivity contribution >= 4 is 53.2 Å². The van der Waals surface area contributed by atoms with E-state index in [0.717, 1.165) is 11.3 Å². The van der Waals surface area contributed by atoms with Crippen molar-refractivity contribution in [1.29, 1.82) is 0 Å². The molecule has 26 heavy (non-hydrogen) atoms. The normalized spacial score (nSPS) is 12.7. The molecular formula is C16H23CuN7S2. The van der Waals surface area contributed by atoms with Crippen LogP contribution in [0.25, 0.3) is 0 Å². The Morgan fingerprint density at radius 3 is 2.04 bits per heavy atom. The second kappa shape index (κ2) is 13.5. The Balaban J connectivity index is 0.00000625. The summed E-state index contributed by atoms with van der Waals surface area (Å²) in [4.78, 5) is 10.1. The molecule has 1 aromatic carbocycles. The van der Waals surface area contributed by atoms with Crippen LogP contribution in [-0.2, 0) is 42.3 Å². The molecule has 0 fully saturated rings. The fraction of sp³-hybridized carbons (Fsp3) is 0.375. The summed E-state index contributed by atoms with van der Waals surface area (Å²) >= 11 is 10.1. The third-order valence-electron chi connectivity index (χ3n) is 2.90. The first-order chi connectivity index (χ1) is 12.0. The van der Waals surface area contributed by atoms with E-state index in [1.54, 1.807) is 6.21 Å². The Labute approximate surface area is 176 Å². The Morgan fingerprint density at radius 2 is 1.54 bits per heavy atom. The molecule has 0 aliphatic carbocycles. The van der Waals surface area contributed by atoms with Crippen LogP contribution < -0.4 is 15.8 Å². The molecule has 0 saturated heterocycles. The molecule has 0 spiro atoms. The van der Waals surface area contributed by atoms with Crippen molar-refractivity contribution in [2.45, 2.75) is 13.8 Å². The van der Waals surface area contributed by atoms with Gasteiger partial charge in [-0.1, -0.05) is 12.1 Å². The quantitative estimate of drug-likeness (QED) is 0.221. The van der Waals surface area contributed by atoms with Crippen molar-refractivity contribution in [1.82, 2.24) is 10.9 Å². The number of nitrogens with zero attached hydrogens (tertiary/aromatic N) is 5. The zero-order valence-corrected chi connectivity index (χ0v) is 17.7. The van der Waals surface area contributed by atoms with Crippen LogP contribution in [-0.4, -0.2) is 49.4 Å². The minimum absolute atomic E-state index is 0. The molecular weight excluding hydrogens is 418 g/mol. The SMILES string of the molecule is CCN=C([S-])N/N=C/C(=N/NC([S-])=NCC)c1ccc(N(C)C)cc1.[Cu+2]. The first kappa shape index (κ1) is 24.3. The first-order valence-corrected chi connectivity index (χ1v) is 8.63. The number of rotatable bonds is 7. The van der Waals surface area contributed by atoms with Crippen LogP contribution in [0, 0.1) is 0 Å². The van der Waals surface area contributed by atoms with Crippen molar-refractivity contribution in [3.63, 3.8) is 0 Å². The van der Waals surface area contributed by atoms with E-state index in [-0.39, 0.29) is 17.1 Å². The fourth-order valence-corrected chi connectivity index (χ4v) is 2.07. The Kier molecular flexibility index (Phi) is 12.6.